The zero-order valence-corrected chi connectivity index (χ0v) is 18.4. The van der Waals surface area contributed by atoms with Crippen molar-refractivity contribution in [1.29, 1.82) is 5.26 Å². The number of benzene rings is 2. The van der Waals surface area contributed by atoms with Gasteiger partial charge in [-0.2, -0.15) is 5.26 Å². The molecule has 0 saturated heterocycles. The van der Waals surface area contributed by atoms with E-state index in [2.05, 4.69) is 38.5 Å². The van der Waals surface area contributed by atoms with Gasteiger partial charge in [0.25, 0.3) is 0 Å². The molecule has 2 N–H and O–H groups in total. The number of aromatic amines is 1. The van der Waals surface area contributed by atoms with E-state index in [1.54, 1.807) is 24.3 Å². The molecule has 1 saturated carbocycles. The van der Waals surface area contributed by atoms with Crippen LogP contribution >= 0.6 is 0 Å². The van der Waals surface area contributed by atoms with E-state index in [4.69, 9.17) is 5.26 Å². The molecule has 0 radical (unpaired) electrons. The number of halogens is 1. The lowest BCUT2D eigenvalue weighted by Gasteiger charge is -2.33. The minimum absolute atomic E-state index is 0.212. The van der Waals surface area contributed by atoms with Crippen LogP contribution in [0.4, 0.5) is 10.3 Å². The van der Waals surface area contributed by atoms with Crippen LogP contribution in [-0.4, -0.2) is 26.2 Å². The van der Waals surface area contributed by atoms with Crippen LogP contribution in [0.3, 0.4) is 0 Å². The standard InChI is InChI=1S/C26H25FN6/c1-16(30-26-31-25(32-33-26)20-4-2-17(15-28)3-5-20)18-6-8-19(9-7-18)22-12-13-29-24-11-10-21(27)14-23(22)24/h2-5,10-14,16,18-19H,6-9H2,1H3,(H2,30,31,32,33)/t16-,18-,19+/m1/s1. The molecule has 166 valence electrons. The highest BCUT2D eigenvalue weighted by atomic mass is 19.1. The third kappa shape index (κ3) is 4.42. The second-order valence-electron chi connectivity index (χ2n) is 8.82. The molecule has 6 nitrogen and oxygen atoms in total. The molecule has 0 spiro atoms. The molecule has 1 atom stereocenters. The lowest BCUT2D eigenvalue weighted by molar-refractivity contribution is 0.301. The summed E-state index contributed by atoms with van der Waals surface area (Å²) in [4.78, 5) is 7.63. The third-order valence-electron chi connectivity index (χ3n) is 6.79. The molecule has 0 aliphatic heterocycles. The molecule has 33 heavy (non-hydrogen) atoms. The second kappa shape index (κ2) is 8.99. The van der Waals surface area contributed by atoms with Crippen LogP contribution in [0.25, 0.3) is 22.3 Å². The van der Waals surface area contributed by atoms with Crippen molar-refractivity contribution < 1.29 is 4.39 Å². The number of hydrogen-bond acceptors (Lipinski definition) is 5. The highest BCUT2D eigenvalue weighted by Gasteiger charge is 2.27. The van der Waals surface area contributed by atoms with Gasteiger partial charge in [-0.15, -0.1) is 10.2 Å². The van der Waals surface area contributed by atoms with Gasteiger partial charge in [0.1, 0.15) is 5.82 Å². The highest BCUT2D eigenvalue weighted by Crippen LogP contribution is 2.39. The molecule has 0 bridgehead atoms. The fourth-order valence-electron chi connectivity index (χ4n) is 4.92. The van der Waals surface area contributed by atoms with E-state index in [9.17, 15) is 4.39 Å². The Morgan fingerprint density at radius 3 is 2.61 bits per heavy atom. The van der Waals surface area contributed by atoms with Crippen LogP contribution in [0.1, 0.15) is 49.7 Å². The van der Waals surface area contributed by atoms with E-state index >= 15 is 0 Å². The van der Waals surface area contributed by atoms with Gasteiger partial charge in [0, 0.05) is 23.2 Å². The molecule has 2 aromatic heterocycles. The van der Waals surface area contributed by atoms with Gasteiger partial charge in [-0.3, -0.25) is 4.98 Å². The number of aromatic nitrogens is 4. The Kier molecular flexibility index (Phi) is 5.74. The van der Waals surface area contributed by atoms with Crippen LogP contribution in [0.15, 0.2) is 54.7 Å². The molecule has 1 aliphatic carbocycles. The predicted molar refractivity (Wildman–Crippen MR) is 126 cm³/mol. The molecular weight excluding hydrogens is 415 g/mol. The number of anilines is 1. The lowest BCUT2D eigenvalue weighted by atomic mass is 9.75. The van der Waals surface area contributed by atoms with E-state index in [1.165, 1.54) is 11.6 Å². The molecule has 0 amide bonds. The fourth-order valence-corrected chi connectivity index (χ4v) is 4.92. The van der Waals surface area contributed by atoms with Crippen LogP contribution in [0.5, 0.6) is 0 Å². The minimum Gasteiger partial charge on any atom is -0.352 e. The minimum atomic E-state index is -0.212. The monoisotopic (exact) mass is 440 g/mol. The summed E-state index contributed by atoms with van der Waals surface area (Å²) < 4.78 is 13.8. The second-order valence-corrected chi connectivity index (χ2v) is 8.82. The van der Waals surface area contributed by atoms with E-state index in [1.807, 2.05) is 24.4 Å². The first-order valence-electron chi connectivity index (χ1n) is 11.3. The van der Waals surface area contributed by atoms with Crippen molar-refractivity contribution in [1.82, 2.24) is 20.2 Å². The van der Waals surface area contributed by atoms with E-state index in [0.29, 0.717) is 29.2 Å². The summed E-state index contributed by atoms with van der Waals surface area (Å²) in [5.74, 6) is 2.06. The van der Waals surface area contributed by atoms with Crippen molar-refractivity contribution in [3.8, 4) is 17.5 Å². The number of nitrogens with zero attached hydrogens (tertiary/aromatic N) is 4. The molecule has 2 heterocycles. The first-order valence-corrected chi connectivity index (χ1v) is 11.3. The van der Waals surface area contributed by atoms with E-state index in [-0.39, 0.29) is 11.9 Å². The number of pyridine rings is 1. The topological polar surface area (TPSA) is 90.3 Å². The first kappa shape index (κ1) is 21.1. The summed E-state index contributed by atoms with van der Waals surface area (Å²) in [6.07, 6.45) is 6.16. The number of fused-ring (bicyclic) bond motifs is 1. The van der Waals surface area contributed by atoms with Crippen LogP contribution in [-0.2, 0) is 0 Å². The maximum absolute atomic E-state index is 13.8. The lowest BCUT2D eigenvalue weighted by Crippen LogP contribution is -2.29. The van der Waals surface area contributed by atoms with Gasteiger partial charge in [0.15, 0.2) is 5.82 Å². The van der Waals surface area contributed by atoms with E-state index in [0.717, 1.165) is 42.1 Å². The van der Waals surface area contributed by atoms with Gasteiger partial charge in [0.2, 0.25) is 5.95 Å². The molecular formula is C26H25FN6. The maximum Gasteiger partial charge on any atom is 0.222 e. The van der Waals surface area contributed by atoms with Crippen LogP contribution in [0.2, 0.25) is 0 Å². The predicted octanol–water partition coefficient (Wildman–Crippen LogP) is 5.81. The maximum atomic E-state index is 13.8. The summed E-state index contributed by atoms with van der Waals surface area (Å²) in [7, 11) is 0. The summed E-state index contributed by atoms with van der Waals surface area (Å²) in [6.45, 7) is 2.19. The first-order chi connectivity index (χ1) is 16.1. The number of hydrogen-bond donors (Lipinski definition) is 2. The Balaban J connectivity index is 1.22. The molecule has 1 fully saturated rings. The molecule has 0 unspecified atom stereocenters. The Labute approximate surface area is 191 Å². The summed E-state index contributed by atoms with van der Waals surface area (Å²) in [5.41, 5.74) is 3.57. The smallest absolute Gasteiger partial charge is 0.222 e. The quantitative estimate of drug-likeness (QED) is 0.409. The number of H-pyrrole nitrogens is 1. The molecule has 2 aromatic carbocycles. The van der Waals surface area contributed by atoms with Gasteiger partial charge >= 0.3 is 0 Å². The largest absolute Gasteiger partial charge is 0.352 e. The van der Waals surface area contributed by atoms with Crippen molar-refractivity contribution in [2.45, 2.75) is 44.6 Å². The van der Waals surface area contributed by atoms with Gasteiger partial charge in [-0.25, -0.2) is 4.39 Å². The van der Waals surface area contributed by atoms with E-state index < -0.39 is 0 Å². The normalized spacial score (nSPS) is 19.2. The molecule has 7 heteroatoms. The Morgan fingerprint density at radius 2 is 1.85 bits per heavy atom. The van der Waals surface area contributed by atoms with Crippen molar-refractivity contribution in [3.05, 3.63) is 71.7 Å². The van der Waals surface area contributed by atoms with Gasteiger partial charge in [-0.1, -0.05) is 0 Å². The summed E-state index contributed by atoms with van der Waals surface area (Å²) >= 11 is 0. The average molecular weight is 441 g/mol. The van der Waals surface area contributed by atoms with Crippen LogP contribution in [0, 0.1) is 23.1 Å². The van der Waals surface area contributed by atoms with Gasteiger partial charge < -0.3 is 10.3 Å². The molecule has 1 aliphatic rings. The number of nitriles is 1. The van der Waals surface area contributed by atoms with Crippen LogP contribution < -0.4 is 5.32 Å². The summed E-state index contributed by atoms with van der Waals surface area (Å²) in [5, 5.41) is 21.9. The van der Waals surface area contributed by atoms with Gasteiger partial charge in [0.05, 0.1) is 17.1 Å². The van der Waals surface area contributed by atoms with Crippen molar-refractivity contribution in [2.24, 2.45) is 5.92 Å². The molecule has 4 aromatic rings. The molecule has 5 rings (SSSR count). The Bertz CT molecular complexity index is 1300. The average Bonchev–Trinajstić information content (AvgIpc) is 3.32. The highest BCUT2D eigenvalue weighted by molar-refractivity contribution is 5.82. The SMILES string of the molecule is C[C@@H](Nc1nnc(-c2ccc(C#N)cc2)[nH]1)[C@H]1CC[C@@H](c2ccnc3ccc(F)cc32)CC1. The van der Waals surface area contributed by atoms with Gasteiger partial charge in [-0.05, 0) is 98.5 Å². The van der Waals surface area contributed by atoms with Crippen molar-refractivity contribution >= 4 is 16.9 Å². The third-order valence-corrected chi connectivity index (χ3v) is 6.79. The zero-order chi connectivity index (χ0) is 22.8. The van der Waals surface area contributed by atoms with Crippen molar-refractivity contribution in [3.63, 3.8) is 0 Å². The summed E-state index contributed by atoms with van der Waals surface area (Å²) in [6, 6.07) is 16.5. The number of nitrogens with one attached hydrogen (secondary N) is 2. The Morgan fingerprint density at radius 1 is 1.06 bits per heavy atom. The number of rotatable bonds is 5. The Hall–Kier alpha value is -3.79. The van der Waals surface area contributed by atoms with Crippen molar-refractivity contribution in [2.75, 3.05) is 5.32 Å². The zero-order valence-electron chi connectivity index (χ0n) is 18.4. The fraction of sp³-hybridized carbons (Fsp3) is 0.308.